The Kier molecular flexibility index (Phi) is 3.96. The van der Waals surface area contributed by atoms with Gasteiger partial charge in [0.05, 0.1) is 10.6 Å². The van der Waals surface area contributed by atoms with E-state index in [1.165, 1.54) is 0 Å². The first-order chi connectivity index (χ1) is 7.10. The van der Waals surface area contributed by atoms with Gasteiger partial charge in [0.15, 0.2) is 10.7 Å². The van der Waals surface area contributed by atoms with E-state index in [9.17, 15) is 8.42 Å². The van der Waals surface area contributed by atoms with Gasteiger partial charge in [-0.3, -0.25) is 0 Å². The van der Waals surface area contributed by atoms with E-state index in [2.05, 4.69) is 4.90 Å². The molecule has 0 aliphatic heterocycles. The molecule has 5 heteroatoms. The molecule has 84 valence electrons. The molecular formula is C10H16N2O2S. The van der Waals surface area contributed by atoms with E-state index < -0.39 is 10.7 Å². The van der Waals surface area contributed by atoms with E-state index in [0.29, 0.717) is 5.69 Å². The van der Waals surface area contributed by atoms with Crippen LogP contribution in [0, 0.1) is 0 Å². The fourth-order valence-corrected chi connectivity index (χ4v) is 2.00. The number of thiol groups is 1. The molecule has 0 fully saturated rings. The number of nitrogens with two attached hydrogens (primary N) is 1. The molecule has 0 saturated heterocycles. The minimum absolute atomic E-state index is 0.203. The molecule has 0 atom stereocenters. The van der Waals surface area contributed by atoms with Crippen LogP contribution in [0.1, 0.15) is 13.8 Å². The normalized spacial score (nSPS) is 10.6. The van der Waals surface area contributed by atoms with Gasteiger partial charge in [0.2, 0.25) is 0 Å². The molecular weight excluding hydrogens is 212 g/mol. The van der Waals surface area contributed by atoms with Crippen LogP contribution in [0.4, 0.5) is 11.4 Å². The molecule has 0 radical (unpaired) electrons. The van der Waals surface area contributed by atoms with Crippen molar-refractivity contribution in [2.45, 2.75) is 18.7 Å². The average Bonchev–Trinajstić information content (AvgIpc) is 2.21. The lowest BCUT2D eigenvalue weighted by molar-refractivity contribution is 0.615. The Balaban J connectivity index is 3.17. The molecule has 1 aromatic rings. The van der Waals surface area contributed by atoms with E-state index in [1.54, 1.807) is 12.1 Å². The maximum absolute atomic E-state index is 10.9. The Bertz CT molecular complexity index is 404. The summed E-state index contributed by atoms with van der Waals surface area (Å²) >= 11 is 0. The molecule has 0 aliphatic carbocycles. The molecule has 0 amide bonds. The Hall–Kier alpha value is -1.23. The van der Waals surface area contributed by atoms with Crippen LogP contribution in [0.3, 0.4) is 0 Å². The van der Waals surface area contributed by atoms with Crippen LogP contribution in [0.5, 0.6) is 0 Å². The maximum Gasteiger partial charge on any atom is 0.170 e. The lowest BCUT2D eigenvalue weighted by Crippen LogP contribution is -2.21. The molecule has 0 unspecified atom stereocenters. The summed E-state index contributed by atoms with van der Waals surface area (Å²) in [6, 6.07) is 5.09. The van der Waals surface area contributed by atoms with Crippen LogP contribution in [0.15, 0.2) is 23.1 Å². The van der Waals surface area contributed by atoms with Crippen LogP contribution in [0.25, 0.3) is 0 Å². The second kappa shape index (κ2) is 5.02. The Morgan fingerprint density at radius 3 is 2.33 bits per heavy atom. The molecule has 0 saturated carbocycles. The zero-order valence-electron chi connectivity index (χ0n) is 8.93. The smallest absolute Gasteiger partial charge is 0.170 e. The van der Waals surface area contributed by atoms with Gasteiger partial charge in [0.25, 0.3) is 0 Å². The fourth-order valence-electron chi connectivity index (χ4n) is 1.48. The summed E-state index contributed by atoms with van der Waals surface area (Å²) in [7, 11) is -2.62. The highest BCUT2D eigenvalue weighted by molar-refractivity contribution is 7.72. The lowest BCUT2D eigenvalue weighted by Gasteiger charge is -2.21. The van der Waals surface area contributed by atoms with Crippen molar-refractivity contribution in [3.8, 4) is 0 Å². The van der Waals surface area contributed by atoms with E-state index in [1.807, 2.05) is 19.9 Å². The Labute approximate surface area is 91.6 Å². The number of nitrogen functional groups attached to an aromatic ring is 1. The van der Waals surface area contributed by atoms with Crippen LogP contribution in [0.2, 0.25) is 0 Å². The highest BCUT2D eigenvalue weighted by atomic mass is 32.2. The molecule has 0 aromatic heterocycles. The second-order valence-electron chi connectivity index (χ2n) is 3.17. The predicted octanol–water partition coefficient (Wildman–Crippen LogP) is 1.09. The van der Waals surface area contributed by atoms with Gasteiger partial charge in [0.1, 0.15) is 0 Å². The van der Waals surface area contributed by atoms with Gasteiger partial charge in [-0.05, 0) is 32.0 Å². The summed E-state index contributed by atoms with van der Waals surface area (Å²) < 4.78 is 21.8. The Morgan fingerprint density at radius 1 is 1.27 bits per heavy atom. The minimum Gasteiger partial charge on any atom is -0.398 e. The fraction of sp³-hybridized carbons (Fsp3) is 0.400. The van der Waals surface area contributed by atoms with E-state index in [-0.39, 0.29) is 4.90 Å². The molecule has 0 aliphatic rings. The van der Waals surface area contributed by atoms with Crippen molar-refractivity contribution < 1.29 is 8.42 Å². The highest BCUT2D eigenvalue weighted by Gasteiger charge is 2.06. The van der Waals surface area contributed by atoms with E-state index in [0.717, 1.165) is 18.8 Å². The quantitative estimate of drug-likeness (QED) is 0.598. The number of hydrogen-bond acceptors (Lipinski definition) is 4. The predicted molar refractivity (Wildman–Crippen MR) is 63.0 cm³/mol. The van der Waals surface area contributed by atoms with Crippen LogP contribution in [-0.2, 0) is 10.7 Å². The number of nitrogens with zero attached hydrogens (tertiary/aromatic N) is 1. The summed E-state index contributed by atoms with van der Waals surface area (Å²) in [5.74, 6) is 0. The molecule has 0 heterocycles. The first-order valence-corrected chi connectivity index (χ1v) is 6.06. The molecule has 1 aromatic carbocycles. The van der Waals surface area contributed by atoms with Crippen molar-refractivity contribution in [2.75, 3.05) is 23.7 Å². The number of anilines is 2. The third-order valence-corrected chi connectivity index (χ3v) is 3.12. The monoisotopic (exact) mass is 228 g/mol. The van der Waals surface area contributed by atoms with Crippen molar-refractivity contribution in [1.82, 2.24) is 0 Å². The largest absolute Gasteiger partial charge is 0.398 e. The first kappa shape index (κ1) is 11.8. The van der Waals surface area contributed by atoms with Gasteiger partial charge in [-0.1, -0.05) is 0 Å². The summed E-state index contributed by atoms with van der Waals surface area (Å²) in [6.07, 6.45) is 0. The van der Waals surface area contributed by atoms with Crippen LogP contribution in [-0.4, -0.2) is 21.5 Å². The topological polar surface area (TPSA) is 63.4 Å². The number of benzene rings is 1. The molecule has 0 bridgehead atoms. The van der Waals surface area contributed by atoms with Gasteiger partial charge in [-0.15, -0.1) is 0 Å². The summed E-state index contributed by atoms with van der Waals surface area (Å²) in [5.41, 5.74) is 6.77. The molecule has 2 N–H and O–H groups in total. The van der Waals surface area contributed by atoms with Gasteiger partial charge in [-0.2, -0.15) is 0 Å². The molecule has 1 rings (SSSR count). The van der Waals surface area contributed by atoms with E-state index >= 15 is 0 Å². The van der Waals surface area contributed by atoms with Crippen LogP contribution >= 0.6 is 0 Å². The second-order valence-corrected chi connectivity index (χ2v) is 4.17. The van der Waals surface area contributed by atoms with Gasteiger partial charge < -0.3 is 10.6 Å². The standard InChI is InChI=1S/C10H16N2O2S/c1-3-12(4-2)8-5-6-9(11)10(7-8)15(13)14/h5-7,15H,3-4,11H2,1-2H3. The summed E-state index contributed by atoms with van der Waals surface area (Å²) in [5, 5.41) is 0. The van der Waals surface area contributed by atoms with Crippen molar-refractivity contribution in [3.63, 3.8) is 0 Å². The molecule has 15 heavy (non-hydrogen) atoms. The van der Waals surface area contributed by atoms with Crippen molar-refractivity contribution in [3.05, 3.63) is 18.2 Å². The zero-order chi connectivity index (χ0) is 11.4. The molecule has 0 spiro atoms. The lowest BCUT2D eigenvalue weighted by atomic mass is 10.2. The van der Waals surface area contributed by atoms with E-state index in [4.69, 9.17) is 5.73 Å². The van der Waals surface area contributed by atoms with Gasteiger partial charge in [-0.25, -0.2) is 8.42 Å². The van der Waals surface area contributed by atoms with Gasteiger partial charge in [0, 0.05) is 18.8 Å². The van der Waals surface area contributed by atoms with Crippen molar-refractivity contribution in [1.29, 1.82) is 0 Å². The molecule has 4 nitrogen and oxygen atoms in total. The van der Waals surface area contributed by atoms with Crippen LogP contribution < -0.4 is 10.6 Å². The zero-order valence-corrected chi connectivity index (χ0v) is 9.83. The van der Waals surface area contributed by atoms with Crippen molar-refractivity contribution in [2.24, 2.45) is 0 Å². The van der Waals surface area contributed by atoms with Gasteiger partial charge >= 0.3 is 0 Å². The number of rotatable bonds is 4. The number of hydrogen-bond donors (Lipinski definition) is 2. The average molecular weight is 228 g/mol. The first-order valence-electron chi connectivity index (χ1n) is 4.89. The van der Waals surface area contributed by atoms with Crippen molar-refractivity contribution >= 4 is 22.1 Å². The summed E-state index contributed by atoms with van der Waals surface area (Å²) in [4.78, 5) is 2.27. The highest BCUT2D eigenvalue weighted by Crippen LogP contribution is 2.22. The maximum atomic E-state index is 10.9. The third kappa shape index (κ3) is 2.62. The summed E-state index contributed by atoms with van der Waals surface area (Å²) in [6.45, 7) is 5.73. The Morgan fingerprint density at radius 2 is 1.87 bits per heavy atom. The minimum atomic E-state index is -2.62. The SMILES string of the molecule is CCN(CC)c1ccc(N)c([SH](=O)=O)c1. The third-order valence-electron chi connectivity index (χ3n) is 2.34.